The van der Waals surface area contributed by atoms with E-state index >= 15 is 0 Å². The fraction of sp³-hybridized carbons (Fsp3) is 0.514. The third-order valence-corrected chi connectivity index (χ3v) is 9.69. The van der Waals surface area contributed by atoms with Gasteiger partial charge in [0.15, 0.2) is 0 Å². The largest absolute Gasteiger partial charge is 0.465 e. The Morgan fingerprint density at radius 2 is 1.77 bits per heavy atom. The van der Waals surface area contributed by atoms with Gasteiger partial charge in [-0.3, -0.25) is 14.3 Å². The fourth-order valence-electron chi connectivity index (χ4n) is 7.49. The molecule has 6 rings (SSSR count). The molecule has 44 heavy (non-hydrogen) atoms. The Morgan fingerprint density at radius 3 is 2.48 bits per heavy atom. The van der Waals surface area contributed by atoms with Crippen molar-refractivity contribution in [2.75, 3.05) is 6.61 Å². The number of ether oxygens (including phenoxy) is 1. The number of hydrogen-bond donors (Lipinski definition) is 1. The lowest BCUT2D eigenvalue weighted by molar-refractivity contribution is -0.163. The minimum Gasteiger partial charge on any atom is -0.465 e. The van der Waals surface area contributed by atoms with E-state index in [1.54, 1.807) is 0 Å². The first-order valence-electron chi connectivity index (χ1n) is 16.5. The van der Waals surface area contributed by atoms with Crippen molar-refractivity contribution >= 4 is 5.97 Å². The summed E-state index contributed by atoms with van der Waals surface area (Å²) in [4.78, 5) is 28.0. The number of aromatic amines is 1. The summed E-state index contributed by atoms with van der Waals surface area (Å²) in [6, 6.07) is 16.4. The molecule has 1 N–H and O–H groups in total. The number of esters is 1. The van der Waals surface area contributed by atoms with Crippen molar-refractivity contribution in [3.8, 4) is 22.5 Å². The molecular weight excluding hydrogens is 552 g/mol. The van der Waals surface area contributed by atoms with Crippen LogP contribution < -0.4 is 5.56 Å². The Labute approximate surface area is 259 Å². The van der Waals surface area contributed by atoms with E-state index in [9.17, 15) is 9.59 Å². The molecular formula is C35H44N6O3. The number of carbonyl (C=O) groups is 1. The molecule has 1 aliphatic heterocycles. The predicted molar refractivity (Wildman–Crippen MR) is 170 cm³/mol. The van der Waals surface area contributed by atoms with E-state index in [1.165, 1.54) is 0 Å². The summed E-state index contributed by atoms with van der Waals surface area (Å²) >= 11 is 0. The second-order valence-electron chi connectivity index (χ2n) is 12.5. The van der Waals surface area contributed by atoms with Gasteiger partial charge >= 0.3 is 5.97 Å². The van der Waals surface area contributed by atoms with Crippen LogP contribution >= 0.6 is 0 Å². The van der Waals surface area contributed by atoms with Crippen LogP contribution in [0.1, 0.15) is 101 Å². The summed E-state index contributed by atoms with van der Waals surface area (Å²) < 4.78 is 10.2. The molecule has 4 aromatic rings. The molecule has 2 aromatic carbocycles. The van der Waals surface area contributed by atoms with Crippen LogP contribution in [0.4, 0.5) is 0 Å². The maximum Gasteiger partial charge on any atom is 0.314 e. The molecule has 1 aliphatic carbocycles. The van der Waals surface area contributed by atoms with Gasteiger partial charge in [-0.25, -0.2) is 4.68 Å². The van der Waals surface area contributed by atoms with Crippen LogP contribution in [-0.4, -0.2) is 42.6 Å². The quantitative estimate of drug-likeness (QED) is 0.153. The molecule has 0 spiro atoms. The van der Waals surface area contributed by atoms with Gasteiger partial charge < -0.3 is 4.74 Å². The average molecular weight is 597 g/mol. The van der Waals surface area contributed by atoms with Gasteiger partial charge in [0.05, 0.1) is 18.1 Å². The molecule has 9 heteroatoms. The second-order valence-corrected chi connectivity index (χ2v) is 12.5. The van der Waals surface area contributed by atoms with E-state index < -0.39 is 5.41 Å². The summed E-state index contributed by atoms with van der Waals surface area (Å²) in [6.45, 7) is 5.46. The van der Waals surface area contributed by atoms with E-state index in [-0.39, 0.29) is 17.6 Å². The van der Waals surface area contributed by atoms with Gasteiger partial charge in [0.2, 0.25) is 5.82 Å². The highest BCUT2D eigenvalue weighted by atomic mass is 16.5. The molecule has 0 bridgehead atoms. The van der Waals surface area contributed by atoms with E-state index in [2.05, 4.69) is 69.5 Å². The molecule has 0 radical (unpaired) electrons. The molecule has 0 saturated heterocycles. The first-order chi connectivity index (χ1) is 21.6. The van der Waals surface area contributed by atoms with Crippen molar-refractivity contribution in [2.24, 2.45) is 5.41 Å². The zero-order valence-electron chi connectivity index (χ0n) is 26.1. The first kappa shape index (κ1) is 30.0. The maximum atomic E-state index is 14.1. The number of rotatable bonds is 11. The molecule has 1 fully saturated rings. The standard InChI is InChI=1S/C35H44N6O3/c1-3-5-23-44-34(43)35(20-9-6-10-21-35)31-15-11-22-40-33(42)29(30(12-4-2)41(31)40)24-25-16-18-26(19-17-25)27-13-7-8-14-28(27)32-36-38-39-37-32/h7-8,13-14,16-19,31H,3-6,9-12,15,20-24H2,1-2H3,(H,36,37,38,39). The Bertz CT molecular complexity index is 1610. The van der Waals surface area contributed by atoms with Gasteiger partial charge in [-0.15, -0.1) is 10.2 Å². The van der Waals surface area contributed by atoms with Gasteiger partial charge in [0.25, 0.3) is 5.56 Å². The predicted octanol–water partition coefficient (Wildman–Crippen LogP) is 6.67. The van der Waals surface area contributed by atoms with Crippen molar-refractivity contribution in [3.05, 3.63) is 75.7 Å². The van der Waals surface area contributed by atoms with Crippen LogP contribution in [0.25, 0.3) is 22.5 Å². The van der Waals surface area contributed by atoms with Crippen LogP contribution in [0, 0.1) is 5.41 Å². The number of aromatic nitrogens is 6. The SMILES string of the molecule is CCCCOC(=O)C1(C2CCCn3c(=O)c(Cc4ccc(-c5ccccc5-c5nn[nH]n5)cc4)c(CCC)n32)CCCCC1. The molecule has 3 heterocycles. The fourth-order valence-corrected chi connectivity index (χ4v) is 7.49. The second kappa shape index (κ2) is 13.3. The third-order valence-electron chi connectivity index (χ3n) is 9.69. The van der Waals surface area contributed by atoms with Gasteiger partial charge in [-0.1, -0.05) is 94.5 Å². The van der Waals surface area contributed by atoms with Gasteiger partial charge in [-0.05, 0) is 60.4 Å². The van der Waals surface area contributed by atoms with Crippen LogP contribution in [0.3, 0.4) is 0 Å². The van der Waals surface area contributed by atoms with Crippen LogP contribution in [0.15, 0.2) is 53.3 Å². The number of hydrogen-bond acceptors (Lipinski definition) is 6. The van der Waals surface area contributed by atoms with Gasteiger partial charge in [-0.2, -0.15) is 5.21 Å². The molecule has 1 unspecified atom stereocenters. The van der Waals surface area contributed by atoms with E-state index in [4.69, 9.17) is 4.74 Å². The number of nitrogens with zero attached hydrogens (tertiary/aromatic N) is 5. The van der Waals surface area contributed by atoms with E-state index in [0.29, 0.717) is 25.4 Å². The summed E-state index contributed by atoms with van der Waals surface area (Å²) in [6.07, 6.45) is 10.9. The molecule has 0 amide bonds. The van der Waals surface area contributed by atoms with Gasteiger partial charge in [0, 0.05) is 29.8 Å². The molecule has 1 atom stereocenters. The van der Waals surface area contributed by atoms with E-state index in [1.807, 2.05) is 22.9 Å². The Hall–Kier alpha value is -4.01. The van der Waals surface area contributed by atoms with Crippen molar-refractivity contribution in [2.45, 2.75) is 103 Å². The highest BCUT2D eigenvalue weighted by Crippen LogP contribution is 2.50. The first-order valence-corrected chi connectivity index (χ1v) is 16.5. The van der Waals surface area contributed by atoms with Crippen LogP contribution in [-0.2, 0) is 28.9 Å². The van der Waals surface area contributed by atoms with Crippen LogP contribution in [0.2, 0.25) is 0 Å². The minimum atomic E-state index is -0.562. The van der Waals surface area contributed by atoms with Crippen molar-refractivity contribution in [3.63, 3.8) is 0 Å². The molecule has 232 valence electrons. The molecule has 2 aromatic heterocycles. The number of tetrazole rings is 1. The van der Waals surface area contributed by atoms with Crippen molar-refractivity contribution in [1.29, 1.82) is 0 Å². The van der Waals surface area contributed by atoms with Gasteiger partial charge in [0.1, 0.15) is 0 Å². The van der Waals surface area contributed by atoms with Crippen LogP contribution in [0.5, 0.6) is 0 Å². The number of nitrogens with one attached hydrogen (secondary N) is 1. The Morgan fingerprint density at radius 1 is 1.00 bits per heavy atom. The lowest BCUT2D eigenvalue weighted by Crippen LogP contribution is -2.47. The highest BCUT2D eigenvalue weighted by Gasteiger charge is 2.50. The summed E-state index contributed by atoms with van der Waals surface area (Å²) in [5.74, 6) is 0.506. The molecule has 2 aliphatic rings. The number of benzene rings is 2. The van der Waals surface area contributed by atoms with Crippen molar-refractivity contribution < 1.29 is 9.53 Å². The summed E-state index contributed by atoms with van der Waals surface area (Å²) in [5, 5.41) is 14.6. The lowest BCUT2D eigenvalue weighted by Gasteiger charge is -2.45. The number of carbonyl (C=O) groups excluding carboxylic acids is 1. The monoisotopic (exact) mass is 596 g/mol. The third kappa shape index (κ3) is 5.64. The number of unbranched alkanes of at least 4 members (excludes halogenated alkanes) is 1. The summed E-state index contributed by atoms with van der Waals surface area (Å²) in [7, 11) is 0. The lowest BCUT2D eigenvalue weighted by atomic mass is 9.67. The number of H-pyrrole nitrogens is 1. The molecule has 9 nitrogen and oxygen atoms in total. The summed E-state index contributed by atoms with van der Waals surface area (Å²) in [5.41, 5.74) is 5.57. The number of fused-ring (bicyclic) bond motifs is 1. The normalized spacial score (nSPS) is 17.7. The highest BCUT2D eigenvalue weighted by molar-refractivity contribution is 5.80. The zero-order chi connectivity index (χ0) is 30.5. The maximum absolute atomic E-state index is 14.1. The smallest absolute Gasteiger partial charge is 0.314 e. The Kier molecular flexibility index (Phi) is 9.09. The molecule has 1 saturated carbocycles. The Balaban J connectivity index is 1.34. The minimum absolute atomic E-state index is 0.0438. The topological polar surface area (TPSA) is 108 Å². The van der Waals surface area contributed by atoms with E-state index in [0.717, 1.165) is 104 Å². The van der Waals surface area contributed by atoms with Crippen molar-refractivity contribution in [1.82, 2.24) is 30.0 Å². The average Bonchev–Trinajstić information content (AvgIpc) is 3.70. The zero-order valence-corrected chi connectivity index (χ0v) is 26.1.